The van der Waals surface area contributed by atoms with E-state index in [0.29, 0.717) is 6.54 Å². The highest BCUT2D eigenvalue weighted by molar-refractivity contribution is 7.99. The van der Waals surface area contributed by atoms with Gasteiger partial charge in [0.2, 0.25) is 0 Å². The molecule has 4 heterocycles. The highest BCUT2D eigenvalue weighted by Crippen LogP contribution is 2.29. The molecule has 9 heteroatoms. The standard InChI is InChI=1S/C28H38N8S/c1-2-6-23(7-3-1)22-36-28(30-31-32-36)26(34-13-5-12-33(14-15-34)25-8-4-9-25)20-24-10-11-27(29-21-24)35-16-18-37-19-17-35/h1-3,6-7,10-11,21,25-26H,4-5,8-9,12-20,22H2. The van der Waals surface area contributed by atoms with Crippen LogP contribution in [0.1, 0.15) is 48.7 Å². The van der Waals surface area contributed by atoms with Gasteiger partial charge in [0.25, 0.3) is 0 Å². The third-order valence-electron chi connectivity index (χ3n) is 8.20. The predicted octanol–water partition coefficient (Wildman–Crippen LogP) is 3.51. The van der Waals surface area contributed by atoms with E-state index in [1.165, 1.54) is 54.9 Å². The molecule has 1 unspecified atom stereocenters. The molecular weight excluding hydrogens is 480 g/mol. The van der Waals surface area contributed by atoms with Crippen LogP contribution < -0.4 is 4.90 Å². The van der Waals surface area contributed by atoms with Crippen molar-refractivity contribution in [1.29, 1.82) is 0 Å². The molecule has 0 bridgehead atoms. The molecule has 37 heavy (non-hydrogen) atoms. The first-order chi connectivity index (χ1) is 18.3. The van der Waals surface area contributed by atoms with Gasteiger partial charge in [0, 0.05) is 56.5 Å². The summed E-state index contributed by atoms with van der Waals surface area (Å²) in [5.74, 6) is 4.42. The Balaban J connectivity index is 1.23. The monoisotopic (exact) mass is 518 g/mol. The number of aromatic nitrogens is 5. The first-order valence-electron chi connectivity index (χ1n) is 13.9. The maximum Gasteiger partial charge on any atom is 0.169 e. The van der Waals surface area contributed by atoms with Crippen molar-refractivity contribution < 1.29 is 0 Å². The zero-order valence-electron chi connectivity index (χ0n) is 21.7. The van der Waals surface area contributed by atoms with Gasteiger partial charge >= 0.3 is 0 Å². The van der Waals surface area contributed by atoms with E-state index >= 15 is 0 Å². The van der Waals surface area contributed by atoms with E-state index in [4.69, 9.17) is 4.98 Å². The van der Waals surface area contributed by atoms with E-state index in [2.05, 4.69) is 78.9 Å². The summed E-state index contributed by atoms with van der Waals surface area (Å²) in [6.07, 6.45) is 8.26. The van der Waals surface area contributed by atoms with Crippen LogP contribution in [0.2, 0.25) is 0 Å². The normalized spacial score (nSPS) is 20.9. The van der Waals surface area contributed by atoms with Gasteiger partial charge in [-0.1, -0.05) is 42.8 Å². The van der Waals surface area contributed by atoms with Crippen LogP contribution in [0, 0.1) is 0 Å². The van der Waals surface area contributed by atoms with E-state index in [-0.39, 0.29) is 6.04 Å². The van der Waals surface area contributed by atoms with Crippen molar-refractivity contribution in [3.05, 3.63) is 65.6 Å². The van der Waals surface area contributed by atoms with Crippen LogP contribution in [0.5, 0.6) is 0 Å². The molecule has 0 spiro atoms. The average molecular weight is 519 g/mol. The Morgan fingerprint density at radius 1 is 0.865 bits per heavy atom. The summed E-state index contributed by atoms with van der Waals surface area (Å²) in [4.78, 5) is 12.6. The van der Waals surface area contributed by atoms with E-state index < -0.39 is 0 Å². The summed E-state index contributed by atoms with van der Waals surface area (Å²) in [7, 11) is 0. The fourth-order valence-corrected chi connectivity index (χ4v) is 6.73. The molecular formula is C28H38N8S. The maximum atomic E-state index is 4.88. The zero-order chi connectivity index (χ0) is 24.9. The lowest BCUT2D eigenvalue weighted by Gasteiger charge is -2.37. The van der Waals surface area contributed by atoms with Crippen molar-refractivity contribution in [2.75, 3.05) is 55.7 Å². The second-order valence-electron chi connectivity index (χ2n) is 10.5. The molecule has 3 aliphatic rings. The topological polar surface area (TPSA) is 66.2 Å². The predicted molar refractivity (Wildman–Crippen MR) is 149 cm³/mol. The van der Waals surface area contributed by atoms with Crippen molar-refractivity contribution in [2.24, 2.45) is 0 Å². The number of rotatable bonds is 8. The molecule has 3 aromatic rings. The molecule has 0 amide bonds. The van der Waals surface area contributed by atoms with Crippen LogP contribution in [-0.4, -0.2) is 91.8 Å². The Morgan fingerprint density at radius 3 is 2.49 bits per heavy atom. The van der Waals surface area contributed by atoms with Crippen molar-refractivity contribution in [3.8, 4) is 0 Å². The molecule has 0 radical (unpaired) electrons. The van der Waals surface area contributed by atoms with Gasteiger partial charge in [0.1, 0.15) is 5.82 Å². The van der Waals surface area contributed by atoms with Gasteiger partial charge in [-0.2, -0.15) is 11.8 Å². The number of benzene rings is 1. The summed E-state index contributed by atoms with van der Waals surface area (Å²) in [6.45, 7) is 7.31. The fraction of sp³-hybridized carbons (Fsp3) is 0.571. The molecule has 1 aliphatic carbocycles. The number of hydrogen-bond acceptors (Lipinski definition) is 8. The molecule has 0 N–H and O–H groups in total. The van der Waals surface area contributed by atoms with Crippen LogP contribution in [0.3, 0.4) is 0 Å². The lowest BCUT2D eigenvalue weighted by Crippen LogP contribution is -2.42. The summed E-state index contributed by atoms with van der Waals surface area (Å²) < 4.78 is 2.00. The number of anilines is 1. The third kappa shape index (κ3) is 5.99. The highest BCUT2D eigenvalue weighted by atomic mass is 32.2. The van der Waals surface area contributed by atoms with Crippen molar-refractivity contribution in [1.82, 2.24) is 35.0 Å². The maximum absolute atomic E-state index is 4.88. The summed E-state index contributed by atoms with van der Waals surface area (Å²) in [5, 5.41) is 13.2. The fourth-order valence-electron chi connectivity index (χ4n) is 5.83. The molecule has 3 fully saturated rings. The average Bonchev–Trinajstić information content (AvgIpc) is 3.24. The number of tetrazole rings is 1. The summed E-state index contributed by atoms with van der Waals surface area (Å²) in [6, 6.07) is 15.9. The van der Waals surface area contributed by atoms with E-state index in [1.807, 2.05) is 16.4 Å². The smallest absolute Gasteiger partial charge is 0.169 e. The molecule has 196 valence electrons. The molecule has 1 saturated carbocycles. The molecule has 2 aromatic heterocycles. The number of pyridine rings is 1. The number of thioether (sulfide) groups is 1. The largest absolute Gasteiger partial charge is 0.355 e. The van der Waals surface area contributed by atoms with Gasteiger partial charge < -0.3 is 4.90 Å². The van der Waals surface area contributed by atoms with Crippen molar-refractivity contribution >= 4 is 17.6 Å². The second-order valence-corrected chi connectivity index (χ2v) is 11.8. The SMILES string of the molecule is c1ccc(Cn2nnnc2C(Cc2ccc(N3CCSCC3)nc2)N2CCCN(C3CCC3)CC2)cc1. The summed E-state index contributed by atoms with van der Waals surface area (Å²) >= 11 is 2.03. The molecule has 8 nitrogen and oxygen atoms in total. The van der Waals surface area contributed by atoms with Crippen molar-refractivity contribution in [2.45, 2.75) is 50.7 Å². The van der Waals surface area contributed by atoms with Gasteiger partial charge in [-0.15, -0.1) is 5.10 Å². The van der Waals surface area contributed by atoms with Gasteiger partial charge in [0.15, 0.2) is 5.82 Å². The van der Waals surface area contributed by atoms with Crippen molar-refractivity contribution in [3.63, 3.8) is 0 Å². The van der Waals surface area contributed by atoms with Gasteiger partial charge in [0.05, 0.1) is 12.6 Å². The van der Waals surface area contributed by atoms with E-state index in [9.17, 15) is 0 Å². The zero-order valence-corrected chi connectivity index (χ0v) is 22.5. The van der Waals surface area contributed by atoms with Gasteiger partial charge in [-0.3, -0.25) is 9.80 Å². The minimum absolute atomic E-state index is 0.124. The minimum atomic E-state index is 0.124. The highest BCUT2D eigenvalue weighted by Gasteiger charge is 2.31. The van der Waals surface area contributed by atoms with Gasteiger partial charge in [-0.05, 0) is 59.8 Å². The molecule has 2 saturated heterocycles. The molecule has 1 aromatic carbocycles. The van der Waals surface area contributed by atoms with Gasteiger partial charge in [-0.25, -0.2) is 9.67 Å². The first-order valence-corrected chi connectivity index (χ1v) is 15.0. The molecule has 1 atom stereocenters. The molecule has 6 rings (SSSR count). The Morgan fingerprint density at radius 2 is 1.73 bits per heavy atom. The van der Waals surface area contributed by atoms with E-state index in [1.54, 1.807) is 0 Å². The quantitative estimate of drug-likeness (QED) is 0.449. The minimum Gasteiger partial charge on any atom is -0.355 e. The lowest BCUT2D eigenvalue weighted by atomic mass is 9.91. The second kappa shape index (κ2) is 11.9. The van der Waals surface area contributed by atoms with Crippen LogP contribution in [0.4, 0.5) is 5.82 Å². The Kier molecular flexibility index (Phi) is 8.00. The Bertz CT molecular complexity index is 1110. The first kappa shape index (κ1) is 24.8. The van der Waals surface area contributed by atoms with Crippen LogP contribution in [0.25, 0.3) is 0 Å². The number of hydrogen-bond donors (Lipinski definition) is 0. The summed E-state index contributed by atoms with van der Waals surface area (Å²) in [5.41, 5.74) is 2.46. The number of nitrogens with zero attached hydrogens (tertiary/aromatic N) is 8. The lowest BCUT2D eigenvalue weighted by molar-refractivity contribution is 0.124. The van der Waals surface area contributed by atoms with Crippen LogP contribution in [-0.2, 0) is 13.0 Å². The molecule has 2 aliphatic heterocycles. The third-order valence-corrected chi connectivity index (χ3v) is 9.15. The Hall–Kier alpha value is -2.49. The van der Waals surface area contributed by atoms with E-state index in [0.717, 1.165) is 56.8 Å². The van der Waals surface area contributed by atoms with Crippen LogP contribution >= 0.6 is 11.8 Å². The van der Waals surface area contributed by atoms with Crippen LogP contribution in [0.15, 0.2) is 48.7 Å². The Labute approximate surface area is 224 Å².